The van der Waals surface area contributed by atoms with Crippen molar-refractivity contribution in [2.24, 2.45) is 5.10 Å². The molecule has 38 heavy (non-hydrogen) atoms. The SMILES string of the molecule is COc1cc(SC)c(OC)cc1/C=N/NC(=O)c1scc2c1NC(=O)C2(c1ccccc1)c1ccccc1. The fourth-order valence-corrected chi connectivity index (χ4v) is 6.27. The highest BCUT2D eigenvalue weighted by molar-refractivity contribution is 7.98. The van der Waals surface area contributed by atoms with Crippen molar-refractivity contribution in [3.05, 3.63) is 105 Å². The Kier molecular flexibility index (Phi) is 7.22. The van der Waals surface area contributed by atoms with Crippen LogP contribution in [-0.2, 0) is 10.2 Å². The number of rotatable bonds is 8. The zero-order chi connectivity index (χ0) is 26.7. The number of nitrogens with zero attached hydrogens (tertiary/aromatic N) is 1. The molecule has 2 heterocycles. The van der Waals surface area contributed by atoms with Gasteiger partial charge >= 0.3 is 0 Å². The number of fused-ring (bicyclic) bond motifs is 1. The lowest BCUT2D eigenvalue weighted by atomic mass is 9.71. The molecule has 0 atom stereocenters. The highest BCUT2D eigenvalue weighted by Crippen LogP contribution is 2.50. The lowest BCUT2D eigenvalue weighted by Crippen LogP contribution is -2.36. The zero-order valence-electron chi connectivity index (χ0n) is 21.0. The molecular weight excluding hydrogens is 518 g/mol. The van der Waals surface area contributed by atoms with E-state index in [0.29, 0.717) is 27.6 Å². The number of thiophene rings is 1. The minimum absolute atomic E-state index is 0.198. The number of hydrogen-bond donors (Lipinski definition) is 2. The van der Waals surface area contributed by atoms with E-state index in [9.17, 15) is 9.59 Å². The highest BCUT2D eigenvalue weighted by Gasteiger charge is 2.51. The lowest BCUT2D eigenvalue weighted by Gasteiger charge is -2.28. The second kappa shape index (κ2) is 10.7. The van der Waals surface area contributed by atoms with Gasteiger partial charge in [0.2, 0.25) is 5.91 Å². The van der Waals surface area contributed by atoms with Crippen molar-refractivity contribution in [2.45, 2.75) is 10.3 Å². The molecule has 1 aliphatic heterocycles. The molecule has 2 amide bonds. The van der Waals surface area contributed by atoms with Crippen LogP contribution in [0.15, 0.2) is 88.2 Å². The third-order valence-corrected chi connectivity index (χ3v) is 8.24. The van der Waals surface area contributed by atoms with E-state index in [1.807, 2.05) is 78.4 Å². The predicted molar refractivity (Wildman–Crippen MR) is 152 cm³/mol. The first-order valence-corrected chi connectivity index (χ1v) is 13.8. The first kappa shape index (κ1) is 25.6. The maximum atomic E-state index is 13.7. The van der Waals surface area contributed by atoms with E-state index in [0.717, 1.165) is 21.6 Å². The van der Waals surface area contributed by atoms with Crippen LogP contribution in [0.5, 0.6) is 11.5 Å². The van der Waals surface area contributed by atoms with Gasteiger partial charge in [0.25, 0.3) is 5.91 Å². The molecule has 9 heteroatoms. The summed E-state index contributed by atoms with van der Waals surface area (Å²) >= 11 is 2.81. The Morgan fingerprint density at radius 2 is 1.63 bits per heavy atom. The molecule has 0 unspecified atom stereocenters. The van der Waals surface area contributed by atoms with Gasteiger partial charge in [-0.2, -0.15) is 5.10 Å². The minimum atomic E-state index is -1.06. The molecule has 1 aliphatic rings. The molecule has 0 spiro atoms. The number of amides is 2. The molecule has 4 aromatic rings. The average molecular weight is 544 g/mol. The maximum absolute atomic E-state index is 13.7. The van der Waals surface area contributed by atoms with Crippen molar-refractivity contribution in [1.82, 2.24) is 5.43 Å². The largest absolute Gasteiger partial charge is 0.496 e. The van der Waals surface area contributed by atoms with Crippen molar-refractivity contribution in [3.8, 4) is 11.5 Å². The Morgan fingerprint density at radius 1 is 1.00 bits per heavy atom. The second-order valence-corrected chi connectivity index (χ2v) is 10.2. The third kappa shape index (κ3) is 4.23. The van der Waals surface area contributed by atoms with E-state index in [-0.39, 0.29) is 5.91 Å². The van der Waals surface area contributed by atoms with Gasteiger partial charge in [-0.05, 0) is 34.9 Å². The quantitative estimate of drug-likeness (QED) is 0.173. The summed E-state index contributed by atoms with van der Waals surface area (Å²) in [5.74, 6) is 0.670. The summed E-state index contributed by atoms with van der Waals surface area (Å²) in [5.41, 5.74) is 5.10. The van der Waals surface area contributed by atoms with Gasteiger partial charge in [-0.1, -0.05) is 60.7 Å². The zero-order valence-corrected chi connectivity index (χ0v) is 22.6. The van der Waals surface area contributed by atoms with Crippen molar-refractivity contribution >= 4 is 46.8 Å². The number of carbonyl (C=O) groups excluding carboxylic acids is 2. The van der Waals surface area contributed by atoms with E-state index in [2.05, 4.69) is 15.8 Å². The van der Waals surface area contributed by atoms with Crippen LogP contribution in [0.2, 0.25) is 0 Å². The van der Waals surface area contributed by atoms with E-state index >= 15 is 0 Å². The number of thioether (sulfide) groups is 1. The van der Waals surface area contributed by atoms with Crippen LogP contribution in [0.3, 0.4) is 0 Å². The molecule has 0 bridgehead atoms. The molecule has 7 nitrogen and oxygen atoms in total. The van der Waals surface area contributed by atoms with Crippen LogP contribution in [0.4, 0.5) is 5.69 Å². The van der Waals surface area contributed by atoms with Crippen LogP contribution >= 0.6 is 23.1 Å². The van der Waals surface area contributed by atoms with Crippen LogP contribution < -0.4 is 20.2 Å². The van der Waals surface area contributed by atoms with E-state index in [1.54, 1.807) is 32.0 Å². The van der Waals surface area contributed by atoms with Crippen molar-refractivity contribution < 1.29 is 19.1 Å². The Balaban J connectivity index is 1.48. The first-order chi connectivity index (χ1) is 18.5. The van der Waals surface area contributed by atoms with E-state index < -0.39 is 11.3 Å². The summed E-state index contributed by atoms with van der Waals surface area (Å²) in [5, 5.41) is 9.03. The summed E-state index contributed by atoms with van der Waals surface area (Å²) in [6, 6.07) is 22.9. The van der Waals surface area contributed by atoms with Gasteiger partial charge in [-0.15, -0.1) is 23.1 Å². The molecule has 0 aliphatic carbocycles. The Bertz CT molecular complexity index is 1480. The van der Waals surface area contributed by atoms with Crippen LogP contribution in [0.1, 0.15) is 31.9 Å². The molecular formula is C29H25N3O4S2. The average Bonchev–Trinajstić information content (AvgIpc) is 3.50. The number of ether oxygens (including phenoxy) is 2. The van der Waals surface area contributed by atoms with Gasteiger partial charge in [-0.3, -0.25) is 9.59 Å². The van der Waals surface area contributed by atoms with Gasteiger partial charge in [-0.25, -0.2) is 5.43 Å². The Labute approximate surface area is 228 Å². The number of benzene rings is 3. The van der Waals surface area contributed by atoms with Crippen LogP contribution in [0.25, 0.3) is 0 Å². The molecule has 5 rings (SSSR count). The second-order valence-electron chi connectivity index (χ2n) is 8.44. The number of methoxy groups -OCH3 is 2. The number of nitrogens with one attached hydrogen (secondary N) is 2. The molecule has 0 saturated carbocycles. The van der Waals surface area contributed by atoms with Gasteiger partial charge < -0.3 is 14.8 Å². The number of anilines is 1. The van der Waals surface area contributed by atoms with Gasteiger partial charge in [0.05, 0.1) is 31.0 Å². The van der Waals surface area contributed by atoms with Crippen molar-refractivity contribution in [3.63, 3.8) is 0 Å². The number of hydrogen-bond acceptors (Lipinski definition) is 7. The Morgan fingerprint density at radius 3 is 2.21 bits per heavy atom. The topological polar surface area (TPSA) is 89.0 Å². The van der Waals surface area contributed by atoms with Gasteiger partial charge in [0.1, 0.15) is 21.8 Å². The molecule has 0 saturated heterocycles. The van der Waals surface area contributed by atoms with E-state index in [1.165, 1.54) is 17.6 Å². The van der Waals surface area contributed by atoms with Crippen LogP contribution in [0, 0.1) is 0 Å². The van der Waals surface area contributed by atoms with Crippen molar-refractivity contribution in [1.29, 1.82) is 0 Å². The van der Waals surface area contributed by atoms with E-state index in [4.69, 9.17) is 9.47 Å². The molecule has 192 valence electrons. The summed E-state index contributed by atoms with van der Waals surface area (Å²) < 4.78 is 10.9. The monoisotopic (exact) mass is 543 g/mol. The normalized spacial score (nSPS) is 13.7. The minimum Gasteiger partial charge on any atom is -0.496 e. The lowest BCUT2D eigenvalue weighted by molar-refractivity contribution is -0.118. The molecule has 0 fully saturated rings. The first-order valence-electron chi connectivity index (χ1n) is 11.7. The summed E-state index contributed by atoms with van der Waals surface area (Å²) in [7, 11) is 3.17. The number of hydrazone groups is 1. The molecule has 3 aromatic carbocycles. The number of carbonyl (C=O) groups is 2. The van der Waals surface area contributed by atoms with Crippen molar-refractivity contribution in [2.75, 3.05) is 25.8 Å². The third-order valence-electron chi connectivity index (χ3n) is 6.50. The summed E-state index contributed by atoms with van der Waals surface area (Å²) in [6.45, 7) is 0. The molecule has 0 radical (unpaired) electrons. The van der Waals surface area contributed by atoms with Crippen LogP contribution in [-0.4, -0.2) is 38.5 Å². The van der Waals surface area contributed by atoms with Gasteiger partial charge in [0, 0.05) is 11.1 Å². The fourth-order valence-electron chi connectivity index (χ4n) is 4.74. The van der Waals surface area contributed by atoms with Gasteiger partial charge in [0.15, 0.2) is 0 Å². The molecule has 2 N–H and O–H groups in total. The Hall–Kier alpha value is -4.08. The fraction of sp³-hybridized carbons (Fsp3) is 0.138. The maximum Gasteiger partial charge on any atom is 0.283 e. The molecule has 1 aromatic heterocycles. The standard InChI is InChI=1S/C29H25N3O4S2/c1-35-22-15-24(37-3)23(36-2)14-18(22)16-30-32-27(33)26-25-21(17-38-26)29(28(34)31-25,19-10-6-4-7-11-19)20-12-8-5-9-13-20/h4-17H,1-3H3,(H,31,34)(H,32,33)/b30-16+. The highest BCUT2D eigenvalue weighted by atomic mass is 32.2. The summed E-state index contributed by atoms with van der Waals surface area (Å²) in [6.07, 6.45) is 3.46. The smallest absolute Gasteiger partial charge is 0.283 e. The summed E-state index contributed by atoms with van der Waals surface area (Å²) in [4.78, 5) is 28.2. The predicted octanol–water partition coefficient (Wildman–Crippen LogP) is 5.54.